The number of ether oxygens (including phenoxy) is 1. The molecule has 0 aliphatic carbocycles. The van der Waals surface area contributed by atoms with E-state index in [1.54, 1.807) is 6.07 Å². The molecule has 0 aromatic heterocycles. The number of nitrogens with two attached hydrogens (primary N) is 1. The van der Waals surface area contributed by atoms with Crippen LogP contribution in [-0.2, 0) is 11.2 Å². The summed E-state index contributed by atoms with van der Waals surface area (Å²) in [5.74, 6) is -0.633. The van der Waals surface area contributed by atoms with E-state index in [1.165, 1.54) is 12.1 Å². The van der Waals surface area contributed by atoms with E-state index >= 15 is 0 Å². The third-order valence-electron chi connectivity index (χ3n) is 2.95. The molecule has 1 heterocycles. The molecule has 1 aliphatic rings. The lowest BCUT2D eigenvalue weighted by molar-refractivity contribution is -0.121. The first-order valence-corrected chi connectivity index (χ1v) is 7.92. The number of phenols is 1. The van der Waals surface area contributed by atoms with E-state index < -0.39 is 5.82 Å². The Morgan fingerprint density at radius 2 is 1.70 bits per heavy atom. The minimum absolute atomic E-state index is 0.0195. The van der Waals surface area contributed by atoms with Gasteiger partial charge in [0, 0.05) is 24.1 Å². The lowest BCUT2D eigenvalue weighted by Gasteiger charge is -2.16. The highest BCUT2D eigenvalue weighted by Crippen LogP contribution is 2.29. The highest BCUT2D eigenvalue weighted by atomic mass is 79.9. The Morgan fingerprint density at radius 1 is 1.09 bits per heavy atom. The number of carbonyl (C=O) groups is 1. The molecule has 0 radical (unpaired) electrons. The van der Waals surface area contributed by atoms with Crippen molar-refractivity contribution in [3.8, 4) is 11.5 Å². The van der Waals surface area contributed by atoms with Gasteiger partial charge in [-0.15, -0.1) is 0 Å². The summed E-state index contributed by atoms with van der Waals surface area (Å²) >= 11 is 5.97. The van der Waals surface area contributed by atoms with Crippen LogP contribution in [0.2, 0.25) is 0 Å². The summed E-state index contributed by atoms with van der Waals surface area (Å²) in [4.78, 5) is 11.0. The van der Waals surface area contributed by atoms with Crippen LogP contribution in [0.5, 0.6) is 11.5 Å². The zero-order chi connectivity index (χ0) is 17.1. The highest BCUT2D eigenvalue weighted by molar-refractivity contribution is 9.10. The average molecular weight is 451 g/mol. The number of nitrogen functional groups attached to an aromatic ring is 1. The van der Waals surface area contributed by atoms with Crippen LogP contribution >= 0.6 is 31.9 Å². The number of carbonyl (C=O) groups excluding carboxylic acids is 1. The number of phenolic OH excluding ortho intramolecular Hbond substituents is 1. The Hall–Kier alpha value is -1.67. The molecule has 23 heavy (non-hydrogen) atoms. The van der Waals surface area contributed by atoms with Crippen LogP contribution in [0.15, 0.2) is 33.2 Å². The topological polar surface area (TPSA) is 72.5 Å². The smallest absolute Gasteiger partial charge is 0.174 e. The van der Waals surface area contributed by atoms with Crippen molar-refractivity contribution < 1.29 is 23.4 Å². The quantitative estimate of drug-likeness (QED) is 0.470. The van der Waals surface area contributed by atoms with Crippen LogP contribution in [0.1, 0.15) is 5.56 Å². The van der Waals surface area contributed by atoms with Crippen molar-refractivity contribution >= 4 is 43.3 Å². The van der Waals surface area contributed by atoms with E-state index in [0.29, 0.717) is 16.6 Å². The van der Waals surface area contributed by atoms with E-state index in [2.05, 4.69) is 31.9 Å². The first-order chi connectivity index (χ1) is 10.8. The molecule has 0 fully saturated rings. The minimum atomic E-state index is -0.522. The van der Waals surface area contributed by atoms with Gasteiger partial charge in [-0.2, -0.15) is 0 Å². The Kier molecular flexibility index (Phi) is 5.59. The first-order valence-electron chi connectivity index (χ1n) is 6.34. The van der Waals surface area contributed by atoms with Gasteiger partial charge in [0.2, 0.25) is 0 Å². The van der Waals surface area contributed by atoms with Crippen LogP contribution in [-0.4, -0.2) is 17.5 Å². The fourth-order valence-corrected chi connectivity index (χ4v) is 2.57. The molecule has 0 spiro atoms. The average Bonchev–Trinajstić information content (AvgIpc) is 2.48. The molecule has 0 atom stereocenters. The second kappa shape index (κ2) is 7.27. The Labute approximate surface area is 147 Å². The normalized spacial score (nSPS) is 12.8. The van der Waals surface area contributed by atoms with Crippen LogP contribution in [0.3, 0.4) is 0 Å². The zero-order valence-corrected chi connectivity index (χ0v) is 14.7. The molecule has 2 aromatic rings. The number of ketones is 1. The molecule has 3 rings (SSSR count). The number of anilines is 1. The van der Waals surface area contributed by atoms with Gasteiger partial charge in [-0.1, -0.05) is 0 Å². The molecule has 0 bridgehead atoms. The molecular weight excluding hydrogens is 440 g/mol. The van der Waals surface area contributed by atoms with E-state index in [1.807, 2.05) is 0 Å². The van der Waals surface area contributed by atoms with Gasteiger partial charge in [0.1, 0.15) is 29.7 Å². The Bertz CT molecular complexity index is 719. The molecule has 3 N–H and O–H groups in total. The number of fused-ring (bicyclic) bond motifs is 1. The summed E-state index contributed by atoms with van der Waals surface area (Å²) in [6.45, 7) is 0.0497. The molecule has 4 nitrogen and oxygen atoms in total. The van der Waals surface area contributed by atoms with Crippen LogP contribution < -0.4 is 10.5 Å². The standard InChI is InChI=1S/C9H6BrFO2.C6H5BrFNO/c10-7-2-5-1-6(12)4-13-9(5)3-8(7)11;7-3-1-5(9)6(10)2-4(3)8/h2-3H,1,4H2;1-2,10H,9H2. The number of aromatic hydroxyl groups is 1. The number of halogens is 4. The van der Waals surface area contributed by atoms with E-state index in [9.17, 15) is 13.6 Å². The maximum absolute atomic E-state index is 13.0. The molecule has 0 unspecified atom stereocenters. The third kappa shape index (κ3) is 4.42. The van der Waals surface area contributed by atoms with Crippen molar-refractivity contribution in [3.05, 3.63) is 50.4 Å². The summed E-state index contributed by atoms with van der Waals surface area (Å²) < 4.78 is 31.2. The van der Waals surface area contributed by atoms with Gasteiger partial charge in [-0.25, -0.2) is 8.78 Å². The summed E-state index contributed by atoms with van der Waals surface area (Å²) in [5.41, 5.74) is 6.14. The molecule has 122 valence electrons. The van der Waals surface area contributed by atoms with Gasteiger partial charge in [0.05, 0.1) is 14.6 Å². The van der Waals surface area contributed by atoms with Gasteiger partial charge in [0.15, 0.2) is 5.78 Å². The number of hydrogen-bond acceptors (Lipinski definition) is 4. The summed E-state index contributed by atoms with van der Waals surface area (Å²) in [7, 11) is 0. The fourth-order valence-electron chi connectivity index (χ4n) is 1.82. The van der Waals surface area contributed by atoms with E-state index in [0.717, 1.165) is 11.6 Å². The monoisotopic (exact) mass is 449 g/mol. The van der Waals surface area contributed by atoms with Crippen molar-refractivity contribution in [2.24, 2.45) is 0 Å². The number of hydrogen-bond donors (Lipinski definition) is 2. The summed E-state index contributed by atoms with van der Waals surface area (Å²) in [6.07, 6.45) is 0.328. The molecule has 1 aliphatic heterocycles. The molecule has 0 saturated heterocycles. The van der Waals surface area contributed by atoms with Crippen molar-refractivity contribution in [1.29, 1.82) is 0 Å². The summed E-state index contributed by atoms with van der Waals surface area (Å²) in [5, 5.41) is 8.84. The largest absolute Gasteiger partial charge is 0.506 e. The second-order valence-electron chi connectivity index (χ2n) is 4.70. The van der Waals surface area contributed by atoms with Gasteiger partial charge in [-0.05, 0) is 44.0 Å². The summed E-state index contributed by atoms with van der Waals surface area (Å²) in [6, 6.07) is 5.15. The number of rotatable bonds is 0. The third-order valence-corrected chi connectivity index (χ3v) is 4.16. The maximum atomic E-state index is 13.0. The van der Waals surface area contributed by atoms with E-state index in [-0.39, 0.29) is 34.1 Å². The van der Waals surface area contributed by atoms with Gasteiger partial charge < -0.3 is 15.6 Å². The zero-order valence-electron chi connectivity index (χ0n) is 11.6. The van der Waals surface area contributed by atoms with Crippen molar-refractivity contribution in [3.63, 3.8) is 0 Å². The molecular formula is C15H11Br2F2NO3. The molecule has 0 amide bonds. The number of benzene rings is 2. The van der Waals surface area contributed by atoms with Crippen LogP contribution in [0.4, 0.5) is 14.5 Å². The lowest BCUT2D eigenvalue weighted by atomic mass is 10.1. The predicted molar refractivity (Wildman–Crippen MR) is 88.5 cm³/mol. The Balaban J connectivity index is 0.000000174. The van der Waals surface area contributed by atoms with Crippen molar-refractivity contribution in [2.75, 3.05) is 12.3 Å². The Morgan fingerprint density at radius 3 is 2.35 bits per heavy atom. The highest BCUT2D eigenvalue weighted by Gasteiger charge is 2.18. The van der Waals surface area contributed by atoms with Crippen molar-refractivity contribution in [2.45, 2.75) is 6.42 Å². The fraction of sp³-hybridized carbons (Fsp3) is 0.133. The maximum Gasteiger partial charge on any atom is 0.174 e. The van der Waals surface area contributed by atoms with Crippen LogP contribution in [0.25, 0.3) is 0 Å². The van der Waals surface area contributed by atoms with Gasteiger partial charge in [0.25, 0.3) is 0 Å². The number of Topliss-reactive ketones (excluding diaryl/α,β-unsaturated/α-hetero) is 1. The van der Waals surface area contributed by atoms with Gasteiger partial charge >= 0.3 is 0 Å². The molecule has 2 aromatic carbocycles. The first kappa shape index (κ1) is 17.7. The van der Waals surface area contributed by atoms with Gasteiger partial charge in [-0.3, -0.25) is 4.79 Å². The van der Waals surface area contributed by atoms with E-state index in [4.69, 9.17) is 15.6 Å². The predicted octanol–water partition coefficient (Wildman–Crippen LogP) is 3.97. The second-order valence-corrected chi connectivity index (χ2v) is 6.41. The lowest BCUT2D eigenvalue weighted by Crippen LogP contribution is -2.20. The SMILES string of the molecule is Nc1cc(Br)c(F)cc1O.O=C1COc2cc(F)c(Br)cc2C1. The molecule has 8 heteroatoms. The minimum Gasteiger partial charge on any atom is -0.506 e. The van der Waals surface area contributed by atoms with Crippen molar-refractivity contribution in [1.82, 2.24) is 0 Å². The molecule has 0 saturated carbocycles. The van der Waals surface area contributed by atoms with Crippen LogP contribution in [0, 0.1) is 11.6 Å².